The Balaban J connectivity index is 1.56. The summed E-state index contributed by atoms with van der Waals surface area (Å²) in [5, 5.41) is 0. The highest BCUT2D eigenvalue weighted by Gasteiger charge is 1.95. The van der Waals surface area contributed by atoms with Crippen LogP contribution >= 0.6 is 27.7 Å². The molecule has 0 aromatic heterocycles. The van der Waals surface area contributed by atoms with Gasteiger partial charge in [-0.1, -0.05) is 46.3 Å². The van der Waals surface area contributed by atoms with Gasteiger partial charge in [-0.3, -0.25) is 0 Å². The highest BCUT2D eigenvalue weighted by molar-refractivity contribution is 9.10. The molecule has 0 N–H and O–H groups in total. The van der Waals surface area contributed by atoms with Crippen molar-refractivity contribution >= 4 is 27.7 Å². The van der Waals surface area contributed by atoms with E-state index in [1.165, 1.54) is 10.5 Å². The quantitative estimate of drug-likeness (QED) is 0.510. The third-order valence-corrected chi connectivity index (χ3v) is 4.25. The van der Waals surface area contributed by atoms with Gasteiger partial charge in [0.05, 0.1) is 6.61 Å². The largest absolute Gasteiger partial charge is 0.377 e. The topological polar surface area (TPSA) is 9.23 Å². The molecule has 0 aliphatic rings. The molecule has 2 aromatic rings. The second-order valence-corrected chi connectivity index (χ2v) is 6.28. The average Bonchev–Trinajstić information content (AvgIpc) is 2.46. The molecule has 0 atom stereocenters. The van der Waals surface area contributed by atoms with Gasteiger partial charge < -0.3 is 4.74 Å². The third kappa shape index (κ3) is 5.81. The normalized spacial score (nSPS) is 10.6. The van der Waals surface area contributed by atoms with Crippen molar-refractivity contribution in [1.29, 1.82) is 0 Å². The fourth-order valence-corrected chi connectivity index (χ4v) is 2.74. The monoisotopic (exact) mass is 336 g/mol. The summed E-state index contributed by atoms with van der Waals surface area (Å²) in [7, 11) is 0. The van der Waals surface area contributed by atoms with E-state index in [1.54, 1.807) is 0 Å². The van der Waals surface area contributed by atoms with Crippen molar-refractivity contribution in [3.8, 4) is 0 Å². The molecule has 1 nitrogen and oxygen atoms in total. The van der Waals surface area contributed by atoms with E-state index >= 15 is 0 Å². The Labute approximate surface area is 127 Å². The van der Waals surface area contributed by atoms with Gasteiger partial charge in [0.25, 0.3) is 0 Å². The molecule has 0 aliphatic carbocycles. The number of rotatable bonds is 7. The van der Waals surface area contributed by atoms with Crippen molar-refractivity contribution in [2.24, 2.45) is 0 Å². The first-order valence-corrected chi connectivity index (χ1v) is 8.12. The maximum Gasteiger partial charge on any atom is 0.0716 e. The van der Waals surface area contributed by atoms with Crippen LogP contribution < -0.4 is 0 Å². The zero-order chi connectivity index (χ0) is 13.3. The van der Waals surface area contributed by atoms with Crippen LogP contribution in [-0.2, 0) is 11.3 Å². The lowest BCUT2D eigenvalue weighted by Crippen LogP contribution is -1.96. The minimum absolute atomic E-state index is 0.712. The molecule has 0 radical (unpaired) electrons. The predicted octanol–water partition coefficient (Wildman–Crippen LogP) is 5.15. The molecular formula is C16H17BrOS. The number of thioether (sulfide) groups is 1. The van der Waals surface area contributed by atoms with Gasteiger partial charge in [0.15, 0.2) is 0 Å². The molecule has 0 bridgehead atoms. The molecule has 3 heteroatoms. The summed E-state index contributed by atoms with van der Waals surface area (Å²) in [6, 6.07) is 18.7. The van der Waals surface area contributed by atoms with Crippen LogP contribution in [0.4, 0.5) is 0 Å². The average molecular weight is 337 g/mol. The van der Waals surface area contributed by atoms with Crippen LogP contribution in [0.15, 0.2) is 64.0 Å². The van der Waals surface area contributed by atoms with E-state index in [4.69, 9.17) is 4.74 Å². The molecule has 2 aromatic carbocycles. The highest BCUT2D eigenvalue weighted by Crippen LogP contribution is 2.21. The second-order valence-electron chi connectivity index (χ2n) is 4.19. The molecular weight excluding hydrogens is 320 g/mol. The molecule has 0 amide bonds. The Bertz CT molecular complexity index is 470. The lowest BCUT2D eigenvalue weighted by Gasteiger charge is -2.04. The first-order valence-electron chi connectivity index (χ1n) is 6.34. The SMILES string of the molecule is Brc1ccc(SCCCOCc2ccccc2)cc1. The standard InChI is InChI=1S/C16H17BrOS/c17-15-7-9-16(10-8-15)19-12-4-11-18-13-14-5-2-1-3-6-14/h1-3,5-10H,4,11-13H2. The van der Waals surface area contributed by atoms with Crippen LogP contribution in [0.1, 0.15) is 12.0 Å². The molecule has 0 heterocycles. The van der Waals surface area contributed by atoms with Crippen LogP contribution in [-0.4, -0.2) is 12.4 Å². The summed E-state index contributed by atoms with van der Waals surface area (Å²) >= 11 is 5.32. The molecule has 0 fully saturated rings. The third-order valence-electron chi connectivity index (χ3n) is 2.63. The van der Waals surface area contributed by atoms with Crippen molar-refractivity contribution in [3.63, 3.8) is 0 Å². The second kappa shape index (κ2) is 8.41. The number of hydrogen-bond donors (Lipinski definition) is 0. The summed E-state index contributed by atoms with van der Waals surface area (Å²) in [6.45, 7) is 1.53. The highest BCUT2D eigenvalue weighted by atomic mass is 79.9. The lowest BCUT2D eigenvalue weighted by molar-refractivity contribution is 0.122. The van der Waals surface area contributed by atoms with Crippen molar-refractivity contribution in [2.45, 2.75) is 17.9 Å². The minimum Gasteiger partial charge on any atom is -0.377 e. The summed E-state index contributed by atoms with van der Waals surface area (Å²) < 4.78 is 6.78. The van der Waals surface area contributed by atoms with Crippen molar-refractivity contribution < 1.29 is 4.74 Å². The van der Waals surface area contributed by atoms with E-state index in [0.29, 0.717) is 6.61 Å². The van der Waals surface area contributed by atoms with Crippen LogP contribution in [0.3, 0.4) is 0 Å². The molecule has 0 unspecified atom stereocenters. The molecule has 0 saturated heterocycles. The molecule has 19 heavy (non-hydrogen) atoms. The fraction of sp³-hybridized carbons (Fsp3) is 0.250. The van der Waals surface area contributed by atoms with Gasteiger partial charge in [-0.2, -0.15) is 0 Å². The number of ether oxygens (including phenoxy) is 1. The lowest BCUT2D eigenvalue weighted by atomic mass is 10.2. The zero-order valence-electron chi connectivity index (χ0n) is 10.7. The molecule has 0 spiro atoms. The first kappa shape index (κ1) is 14.6. The van der Waals surface area contributed by atoms with Crippen LogP contribution in [0.2, 0.25) is 0 Å². The van der Waals surface area contributed by atoms with E-state index in [1.807, 2.05) is 30.0 Å². The van der Waals surface area contributed by atoms with Crippen molar-refractivity contribution in [3.05, 3.63) is 64.6 Å². The van der Waals surface area contributed by atoms with Crippen molar-refractivity contribution in [1.82, 2.24) is 0 Å². The molecule has 2 rings (SSSR count). The summed E-state index contributed by atoms with van der Waals surface area (Å²) in [5.74, 6) is 1.09. The van der Waals surface area contributed by atoms with Gasteiger partial charge in [-0.25, -0.2) is 0 Å². The summed E-state index contributed by atoms with van der Waals surface area (Å²) in [4.78, 5) is 1.31. The Morgan fingerprint density at radius 3 is 2.42 bits per heavy atom. The Morgan fingerprint density at radius 2 is 1.68 bits per heavy atom. The minimum atomic E-state index is 0.712. The van der Waals surface area contributed by atoms with E-state index in [2.05, 4.69) is 52.3 Å². The maximum atomic E-state index is 5.66. The zero-order valence-corrected chi connectivity index (χ0v) is 13.1. The van der Waals surface area contributed by atoms with Gasteiger partial charge in [0.1, 0.15) is 0 Å². The van der Waals surface area contributed by atoms with Crippen LogP contribution in [0.25, 0.3) is 0 Å². The number of hydrogen-bond acceptors (Lipinski definition) is 2. The molecule has 0 aliphatic heterocycles. The van der Waals surface area contributed by atoms with E-state index < -0.39 is 0 Å². The Hall–Kier alpha value is -0.770. The molecule has 0 saturated carbocycles. The number of halogens is 1. The maximum absolute atomic E-state index is 5.66. The fourth-order valence-electron chi connectivity index (χ4n) is 1.65. The van der Waals surface area contributed by atoms with Gasteiger partial charge >= 0.3 is 0 Å². The molecule has 100 valence electrons. The Morgan fingerprint density at radius 1 is 0.947 bits per heavy atom. The van der Waals surface area contributed by atoms with Crippen LogP contribution in [0.5, 0.6) is 0 Å². The summed E-state index contributed by atoms with van der Waals surface area (Å²) in [6.07, 6.45) is 1.08. The van der Waals surface area contributed by atoms with Crippen molar-refractivity contribution in [2.75, 3.05) is 12.4 Å². The van der Waals surface area contributed by atoms with E-state index in [-0.39, 0.29) is 0 Å². The van der Waals surface area contributed by atoms with E-state index in [0.717, 1.165) is 23.3 Å². The smallest absolute Gasteiger partial charge is 0.0716 e. The number of benzene rings is 2. The van der Waals surface area contributed by atoms with Gasteiger partial charge in [0, 0.05) is 21.7 Å². The predicted molar refractivity (Wildman–Crippen MR) is 85.6 cm³/mol. The van der Waals surface area contributed by atoms with Crippen LogP contribution in [0, 0.1) is 0 Å². The van der Waals surface area contributed by atoms with Gasteiger partial charge in [-0.05, 0) is 36.2 Å². The Kier molecular flexibility index (Phi) is 6.48. The van der Waals surface area contributed by atoms with E-state index in [9.17, 15) is 0 Å². The first-order chi connectivity index (χ1) is 9.34. The van der Waals surface area contributed by atoms with Gasteiger partial charge in [-0.15, -0.1) is 11.8 Å². The van der Waals surface area contributed by atoms with Gasteiger partial charge in [0.2, 0.25) is 0 Å². The summed E-state index contributed by atoms with van der Waals surface area (Å²) in [5.41, 5.74) is 1.24.